The zero-order valence-corrected chi connectivity index (χ0v) is 15.7. The second kappa shape index (κ2) is 7.60. The smallest absolute Gasteiger partial charge is 0.0974 e. The Balaban J connectivity index is 1.66. The lowest BCUT2D eigenvalue weighted by molar-refractivity contribution is 1.19. The van der Waals surface area contributed by atoms with Crippen molar-refractivity contribution in [2.24, 2.45) is 0 Å². The van der Waals surface area contributed by atoms with Crippen molar-refractivity contribution in [3.05, 3.63) is 109 Å². The van der Waals surface area contributed by atoms with Gasteiger partial charge in [-0.3, -0.25) is 9.97 Å². The van der Waals surface area contributed by atoms with Gasteiger partial charge in [-0.15, -0.1) is 0 Å². The fraction of sp³-hybridized carbons (Fsp3) is 0.0400. The maximum Gasteiger partial charge on any atom is 0.0974 e. The molecule has 0 aliphatic rings. The van der Waals surface area contributed by atoms with E-state index in [4.69, 9.17) is 9.97 Å². The molecule has 0 amide bonds. The van der Waals surface area contributed by atoms with Gasteiger partial charge in [-0.25, -0.2) is 9.97 Å². The van der Waals surface area contributed by atoms with Crippen LogP contribution in [0.5, 0.6) is 0 Å². The molecule has 5 aromatic rings. The van der Waals surface area contributed by atoms with E-state index < -0.39 is 0 Å². The summed E-state index contributed by atoms with van der Waals surface area (Å²) in [6.07, 6.45) is 7.99. The van der Waals surface area contributed by atoms with Gasteiger partial charge in [0, 0.05) is 35.9 Å². The van der Waals surface area contributed by atoms with Crippen LogP contribution in [0.4, 0.5) is 0 Å². The Morgan fingerprint density at radius 2 is 1.10 bits per heavy atom. The van der Waals surface area contributed by atoms with Crippen LogP contribution in [0.15, 0.2) is 97.6 Å². The molecule has 0 aliphatic heterocycles. The largest absolute Gasteiger partial charge is 0.265 e. The third-order valence-corrected chi connectivity index (χ3v) is 4.89. The summed E-state index contributed by atoms with van der Waals surface area (Å²) >= 11 is 0. The van der Waals surface area contributed by atoms with Gasteiger partial charge in [-0.05, 0) is 53.9 Å². The third kappa shape index (κ3) is 3.60. The number of benzene rings is 2. The van der Waals surface area contributed by atoms with Crippen molar-refractivity contribution in [3.8, 4) is 22.5 Å². The van der Waals surface area contributed by atoms with E-state index in [0.29, 0.717) is 0 Å². The van der Waals surface area contributed by atoms with Crippen LogP contribution in [0.2, 0.25) is 0 Å². The summed E-state index contributed by atoms with van der Waals surface area (Å²) < 4.78 is 0. The van der Waals surface area contributed by atoms with E-state index in [2.05, 4.69) is 52.4 Å². The molecule has 2 aromatic carbocycles. The van der Waals surface area contributed by atoms with E-state index in [1.54, 1.807) is 24.8 Å². The molecule has 3 heterocycles. The van der Waals surface area contributed by atoms with Gasteiger partial charge < -0.3 is 0 Å². The summed E-state index contributed by atoms with van der Waals surface area (Å²) in [5, 5.41) is 0. The fourth-order valence-corrected chi connectivity index (χ4v) is 3.46. The number of rotatable bonds is 4. The fourth-order valence-electron chi connectivity index (χ4n) is 3.46. The molecule has 0 aliphatic carbocycles. The molecule has 0 saturated heterocycles. The highest BCUT2D eigenvalue weighted by molar-refractivity contribution is 5.86. The first-order valence-corrected chi connectivity index (χ1v) is 9.52. The number of hydrogen-bond acceptors (Lipinski definition) is 4. The van der Waals surface area contributed by atoms with E-state index >= 15 is 0 Å². The summed E-state index contributed by atoms with van der Waals surface area (Å²) in [5.41, 5.74) is 7.96. The normalized spacial score (nSPS) is 10.9. The van der Waals surface area contributed by atoms with Crippen molar-refractivity contribution in [1.82, 2.24) is 19.9 Å². The van der Waals surface area contributed by atoms with Gasteiger partial charge >= 0.3 is 0 Å². The number of aromatic nitrogens is 4. The third-order valence-electron chi connectivity index (χ3n) is 4.89. The van der Waals surface area contributed by atoms with Gasteiger partial charge in [-0.1, -0.05) is 36.4 Å². The molecule has 0 radical (unpaired) electrons. The molecule has 4 nitrogen and oxygen atoms in total. The van der Waals surface area contributed by atoms with Gasteiger partial charge in [0.1, 0.15) is 0 Å². The number of fused-ring (bicyclic) bond motifs is 1. The maximum absolute atomic E-state index is 5.01. The molecule has 0 N–H and O–H groups in total. The molecular weight excluding hydrogens is 356 g/mol. The summed E-state index contributed by atoms with van der Waals surface area (Å²) in [4.78, 5) is 18.2. The van der Waals surface area contributed by atoms with Gasteiger partial charge in [0.2, 0.25) is 0 Å². The lowest BCUT2D eigenvalue weighted by Gasteiger charge is -2.11. The van der Waals surface area contributed by atoms with Crippen LogP contribution in [0, 0.1) is 0 Å². The van der Waals surface area contributed by atoms with Crippen molar-refractivity contribution < 1.29 is 0 Å². The van der Waals surface area contributed by atoms with Crippen molar-refractivity contribution >= 4 is 11.0 Å². The maximum atomic E-state index is 5.01. The summed E-state index contributed by atoms with van der Waals surface area (Å²) in [7, 11) is 0. The SMILES string of the molecule is c1ccc(Cc2ccc3nc(-c4ccncc4)c(-c4ccncc4)nc3c2)cc1. The molecule has 0 fully saturated rings. The minimum atomic E-state index is 0.849. The minimum absolute atomic E-state index is 0.849. The first-order valence-electron chi connectivity index (χ1n) is 9.52. The van der Waals surface area contributed by atoms with Crippen LogP contribution in [-0.4, -0.2) is 19.9 Å². The molecule has 0 atom stereocenters. The second-order valence-electron chi connectivity index (χ2n) is 6.88. The first kappa shape index (κ1) is 17.2. The molecule has 29 heavy (non-hydrogen) atoms. The quantitative estimate of drug-likeness (QED) is 0.426. The molecule has 4 heteroatoms. The molecular formula is C25H18N4. The Labute approximate surface area is 169 Å². The lowest BCUT2D eigenvalue weighted by Crippen LogP contribution is -1.97. The van der Waals surface area contributed by atoms with Crippen LogP contribution in [0.25, 0.3) is 33.5 Å². The molecule has 0 unspecified atom stereocenters. The van der Waals surface area contributed by atoms with E-state index in [9.17, 15) is 0 Å². The Morgan fingerprint density at radius 1 is 0.517 bits per heavy atom. The van der Waals surface area contributed by atoms with Gasteiger partial charge in [0.25, 0.3) is 0 Å². The molecule has 3 aromatic heterocycles. The topological polar surface area (TPSA) is 51.6 Å². The monoisotopic (exact) mass is 374 g/mol. The number of nitrogens with zero attached hydrogens (tertiary/aromatic N) is 4. The average molecular weight is 374 g/mol. The summed E-state index contributed by atoms with van der Waals surface area (Å²) in [5.74, 6) is 0. The summed E-state index contributed by atoms with van der Waals surface area (Å²) in [6, 6.07) is 24.6. The van der Waals surface area contributed by atoms with E-state index in [0.717, 1.165) is 40.0 Å². The first-order chi connectivity index (χ1) is 14.4. The Bertz CT molecular complexity index is 1250. The highest BCUT2D eigenvalue weighted by Gasteiger charge is 2.13. The van der Waals surface area contributed by atoms with Gasteiger partial charge in [0.05, 0.1) is 22.4 Å². The second-order valence-corrected chi connectivity index (χ2v) is 6.88. The highest BCUT2D eigenvalue weighted by Crippen LogP contribution is 2.30. The standard InChI is InChI=1S/C25H18N4/c1-2-4-18(5-3-1)16-19-6-7-22-23(17-19)29-25(21-10-14-27-15-11-21)24(28-22)20-8-12-26-13-9-20/h1-15,17H,16H2. The predicted molar refractivity (Wildman–Crippen MR) is 115 cm³/mol. The van der Waals surface area contributed by atoms with Crippen molar-refractivity contribution in [2.75, 3.05) is 0 Å². The van der Waals surface area contributed by atoms with Crippen LogP contribution in [-0.2, 0) is 6.42 Å². The number of pyridine rings is 2. The predicted octanol–water partition coefficient (Wildman–Crippen LogP) is 5.34. The zero-order chi connectivity index (χ0) is 19.5. The van der Waals surface area contributed by atoms with Crippen molar-refractivity contribution in [2.45, 2.75) is 6.42 Å². The van der Waals surface area contributed by atoms with Crippen LogP contribution < -0.4 is 0 Å². The lowest BCUT2D eigenvalue weighted by atomic mass is 10.0. The van der Waals surface area contributed by atoms with Crippen molar-refractivity contribution in [3.63, 3.8) is 0 Å². The summed E-state index contributed by atoms with van der Waals surface area (Å²) in [6.45, 7) is 0. The van der Waals surface area contributed by atoms with Crippen LogP contribution in [0.3, 0.4) is 0 Å². The molecule has 138 valence electrons. The zero-order valence-electron chi connectivity index (χ0n) is 15.7. The Morgan fingerprint density at radius 3 is 1.72 bits per heavy atom. The van der Waals surface area contributed by atoms with Crippen molar-refractivity contribution in [1.29, 1.82) is 0 Å². The number of hydrogen-bond donors (Lipinski definition) is 0. The van der Waals surface area contributed by atoms with Crippen LogP contribution in [0.1, 0.15) is 11.1 Å². The molecule has 0 spiro atoms. The van der Waals surface area contributed by atoms with E-state index in [-0.39, 0.29) is 0 Å². The highest BCUT2D eigenvalue weighted by atomic mass is 14.8. The van der Waals surface area contributed by atoms with Crippen LogP contribution >= 0.6 is 0 Å². The Hall–Kier alpha value is -3.92. The Kier molecular flexibility index (Phi) is 4.51. The van der Waals surface area contributed by atoms with E-state index in [1.807, 2.05) is 30.3 Å². The molecule has 0 saturated carbocycles. The van der Waals surface area contributed by atoms with E-state index in [1.165, 1.54) is 11.1 Å². The average Bonchev–Trinajstić information content (AvgIpc) is 2.80. The van der Waals surface area contributed by atoms with Gasteiger partial charge in [0.15, 0.2) is 0 Å². The molecule has 0 bridgehead atoms. The van der Waals surface area contributed by atoms with Gasteiger partial charge in [-0.2, -0.15) is 0 Å². The molecule has 5 rings (SSSR count). The minimum Gasteiger partial charge on any atom is -0.265 e.